The van der Waals surface area contributed by atoms with Gasteiger partial charge in [-0.2, -0.15) is 0 Å². The Morgan fingerprint density at radius 2 is 1.33 bits per heavy atom. The van der Waals surface area contributed by atoms with Crippen molar-refractivity contribution in [1.29, 1.82) is 0 Å². The van der Waals surface area contributed by atoms with Gasteiger partial charge in [0, 0.05) is 0 Å². The lowest BCUT2D eigenvalue weighted by atomic mass is 9.63. The zero-order valence-corrected chi connectivity index (χ0v) is 18.8. The van der Waals surface area contributed by atoms with Crippen LogP contribution in [0.2, 0.25) is 0 Å². The van der Waals surface area contributed by atoms with Gasteiger partial charge in [-0.05, 0) is 74.9 Å². The highest BCUT2D eigenvalue weighted by molar-refractivity contribution is 5.94. The molecule has 0 aliphatic heterocycles. The summed E-state index contributed by atoms with van der Waals surface area (Å²) in [7, 11) is 2.95. The number of hydrogen-bond donors (Lipinski definition) is 0. The monoisotopic (exact) mass is 402 g/mol. The normalized spacial score (nSPS) is 16.7. The molecular weight excluding hydrogens is 372 g/mol. The topological polar surface area (TPSA) is 35.5 Å². The number of carbonyl (C=O) groups excluding carboxylic acids is 1. The Hall–Kier alpha value is -2.81. The zero-order chi connectivity index (χ0) is 21.7. The molecule has 3 nitrogen and oxygen atoms in total. The lowest BCUT2D eigenvalue weighted by Gasteiger charge is -2.42. The SMILES string of the molecule is COC(=O)c1ccc(-c2ccc3cc4c(cc3c2)C(C)(C)CCC4(C)C)cc1OC. The van der Waals surface area contributed by atoms with Crippen molar-refractivity contribution < 1.29 is 14.3 Å². The minimum atomic E-state index is -0.395. The Morgan fingerprint density at radius 3 is 1.93 bits per heavy atom. The van der Waals surface area contributed by atoms with E-state index in [0.717, 1.165) is 11.1 Å². The third kappa shape index (κ3) is 3.36. The third-order valence-electron chi connectivity index (χ3n) is 6.75. The van der Waals surface area contributed by atoms with Gasteiger partial charge in [-0.25, -0.2) is 4.79 Å². The van der Waals surface area contributed by atoms with E-state index in [2.05, 4.69) is 58.0 Å². The van der Waals surface area contributed by atoms with Crippen molar-refractivity contribution in [3.63, 3.8) is 0 Å². The first-order chi connectivity index (χ1) is 14.2. The average molecular weight is 403 g/mol. The van der Waals surface area contributed by atoms with Gasteiger partial charge in [-0.1, -0.05) is 58.0 Å². The van der Waals surface area contributed by atoms with Gasteiger partial charge in [-0.3, -0.25) is 0 Å². The molecule has 156 valence electrons. The summed E-state index contributed by atoms with van der Waals surface area (Å²) in [6, 6.07) is 17.0. The van der Waals surface area contributed by atoms with Crippen molar-refractivity contribution in [1.82, 2.24) is 0 Å². The summed E-state index contributed by atoms with van der Waals surface area (Å²) in [6.45, 7) is 9.42. The molecule has 0 fully saturated rings. The van der Waals surface area contributed by atoms with Crippen LogP contribution in [0.15, 0.2) is 48.5 Å². The second-order valence-corrected chi connectivity index (χ2v) is 9.63. The molecule has 0 heterocycles. The van der Waals surface area contributed by atoms with Gasteiger partial charge in [0.2, 0.25) is 0 Å². The minimum Gasteiger partial charge on any atom is -0.496 e. The van der Waals surface area contributed by atoms with Gasteiger partial charge in [0.1, 0.15) is 11.3 Å². The molecule has 3 aromatic rings. The quantitative estimate of drug-likeness (QED) is 0.460. The minimum absolute atomic E-state index is 0.181. The molecule has 3 aromatic carbocycles. The molecule has 0 atom stereocenters. The van der Waals surface area contributed by atoms with Gasteiger partial charge in [0.25, 0.3) is 0 Å². The highest BCUT2D eigenvalue weighted by Gasteiger charge is 2.37. The van der Waals surface area contributed by atoms with E-state index in [1.54, 1.807) is 13.2 Å². The van der Waals surface area contributed by atoms with Crippen LogP contribution in [-0.4, -0.2) is 20.2 Å². The van der Waals surface area contributed by atoms with Crippen molar-refractivity contribution in [2.45, 2.75) is 51.4 Å². The lowest BCUT2D eigenvalue weighted by molar-refractivity contribution is 0.0597. The van der Waals surface area contributed by atoms with Crippen LogP contribution < -0.4 is 4.74 Å². The molecule has 3 heteroatoms. The molecule has 4 rings (SSSR count). The van der Waals surface area contributed by atoms with Crippen LogP contribution in [0.5, 0.6) is 5.75 Å². The first-order valence-electron chi connectivity index (χ1n) is 10.5. The number of carbonyl (C=O) groups is 1. The molecule has 0 N–H and O–H groups in total. The predicted molar refractivity (Wildman–Crippen MR) is 123 cm³/mol. The third-order valence-corrected chi connectivity index (χ3v) is 6.75. The van der Waals surface area contributed by atoms with E-state index in [0.29, 0.717) is 11.3 Å². The molecule has 1 aliphatic rings. The summed E-state index contributed by atoms with van der Waals surface area (Å²) in [4.78, 5) is 12.0. The van der Waals surface area contributed by atoms with Crippen LogP contribution in [0.25, 0.3) is 21.9 Å². The molecule has 0 saturated heterocycles. The average Bonchev–Trinajstić information content (AvgIpc) is 2.74. The van der Waals surface area contributed by atoms with Crippen LogP contribution in [0.3, 0.4) is 0 Å². The summed E-state index contributed by atoms with van der Waals surface area (Å²) in [5.41, 5.74) is 5.87. The van der Waals surface area contributed by atoms with Crippen LogP contribution in [0.4, 0.5) is 0 Å². The van der Waals surface area contributed by atoms with Crippen molar-refractivity contribution in [2.75, 3.05) is 14.2 Å². The van der Waals surface area contributed by atoms with E-state index < -0.39 is 5.97 Å². The number of hydrogen-bond acceptors (Lipinski definition) is 3. The van der Waals surface area contributed by atoms with Crippen molar-refractivity contribution in [2.24, 2.45) is 0 Å². The Labute approximate surface area is 179 Å². The number of rotatable bonds is 3. The van der Waals surface area contributed by atoms with Crippen molar-refractivity contribution in [3.05, 3.63) is 65.2 Å². The Kier molecular flexibility index (Phi) is 4.88. The molecule has 0 spiro atoms. The fourth-order valence-electron chi connectivity index (χ4n) is 4.64. The molecule has 0 amide bonds. The molecule has 0 saturated carbocycles. The smallest absolute Gasteiger partial charge is 0.341 e. The molecule has 1 aliphatic carbocycles. The number of benzene rings is 3. The van der Waals surface area contributed by atoms with E-state index in [1.807, 2.05) is 12.1 Å². The summed E-state index contributed by atoms with van der Waals surface area (Å²) in [5.74, 6) is 0.126. The second-order valence-electron chi connectivity index (χ2n) is 9.63. The number of esters is 1. The number of fused-ring (bicyclic) bond motifs is 2. The highest BCUT2D eigenvalue weighted by atomic mass is 16.5. The maximum Gasteiger partial charge on any atom is 0.341 e. The summed E-state index contributed by atoms with van der Waals surface area (Å²) in [5, 5.41) is 2.51. The Bertz CT molecular complexity index is 1140. The van der Waals surface area contributed by atoms with Crippen LogP contribution in [0, 0.1) is 0 Å². The van der Waals surface area contributed by atoms with Gasteiger partial charge in [-0.15, -0.1) is 0 Å². The first-order valence-corrected chi connectivity index (χ1v) is 10.5. The molecule has 0 aromatic heterocycles. The summed E-state index contributed by atoms with van der Waals surface area (Å²) >= 11 is 0. The van der Waals surface area contributed by atoms with Crippen molar-refractivity contribution >= 4 is 16.7 Å². The largest absolute Gasteiger partial charge is 0.496 e. The molecular formula is C27H30O3. The fourth-order valence-corrected chi connectivity index (χ4v) is 4.64. The fraction of sp³-hybridized carbons (Fsp3) is 0.370. The predicted octanol–water partition coefficient (Wildman–Crippen LogP) is 6.65. The highest BCUT2D eigenvalue weighted by Crippen LogP contribution is 2.47. The van der Waals surface area contributed by atoms with Gasteiger partial charge in [0.15, 0.2) is 0 Å². The maximum absolute atomic E-state index is 12.0. The van der Waals surface area contributed by atoms with E-state index in [1.165, 1.54) is 41.9 Å². The summed E-state index contributed by atoms with van der Waals surface area (Å²) < 4.78 is 10.3. The van der Waals surface area contributed by atoms with Gasteiger partial charge >= 0.3 is 5.97 Å². The lowest BCUT2D eigenvalue weighted by Crippen LogP contribution is -2.33. The number of ether oxygens (including phenoxy) is 2. The molecule has 0 unspecified atom stereocenters. The van der Waals surface area contributed by atoms with Gasteiger partial charge < -0.3 is 9.47 Å². The van der Waals surface area contributed by atoms with Crippen LogP contribution >= 0.6 is 0 Å². The van der Waals surface area contributed by atoms with Gasteiger partial charge in [0.05, 0.1) is 14.2 Å². The molecule has 0 bridgehead atoms. The second kappa shape index (κ2) is 7.16. The van der Waals surface area contributed by atoms with Crippen molar-refractivity contribution in [3.8, 4) is 16.9 Å². The Morgan fingerprint density at radius 1 is 0.767 bits per heavy atom. The maximum atomic E-state index is 12.0. The van der Waals surface area contributed by atoms with E-state index in [9.17, 15) is 4.79 Å². The van der Waals surface area contributed by atoms with E-state index in [-0.39, 0.29) is 10.8 Å². The number of methoxy groups -OCH3 is 2. The standard InChI is InChI=1S/C27H30O3/c1-26(2)11-12-27(3,4)23-15-20-13-17(7-8-18(20)14-22(23)26)19-9-10-21(25(28)30-6)24(16-19)29-5/h7-10,13-16H,11-12H2,1-6H3. The van der Waals surface area contributed by atoms with E-state index >= 15 is 0 Å². The van der Waals surface area contributed by atoms with Crippen LogP contribution in [-0.2, 0) is 15.6 Å². The first kappa shape index (κ1) is 20.5. The zero-order valence-electron chi connectivity index (χ0n) is 18.8. The Balaban J connectivity index is 1.84. The molecule has 0 radical (unpaired) electrons. The van der Waals surface area contributed by atoms with E-state index in [4.69, 9.17) is 9.47 Å². The molecule has 30 heavy (non-hydrogen) atoms. The summed E-state index contributed by atoms with van der Waals surface area (Å²) in [6.07, 6.45) is 2.41. The van der Waals surface area contributed by atoms with Crippen LogP contribution in [0.1, 0.15) is 62.0 Å².